The molecule has 0 unspecified atom stereocenters. The molecule has 0 bridgehead atoms. The normalized spacial score (nSPS) is 17.1. The molecule has 1 aromatic rings. The Labute approximate surface area is 140 Å². The molecule has 2 rings (SSSR count). The van der Waals surface area contributed by atoms with E-state index < -0.39 is 32.6 Å². The average Bonchev–Trinajstić information content (AvgIpc) is 2.55. The maximum atomic E-state index is 12.5. The monoisotopic (exact) mass is 378 g/mol. The largest absolute Gasteiger partial charge is 0.480 e. The van der Waals surface area contributed by atoms with Crippen molar-refractivity contribution in [2.24, 2.45) is 0 Å². The molecule has 11 heteroatoms. The summed E-state index contributed by atoms with van der Waals surface area (Å²) in [7, 11) is -6.57. The topological polar surface area (TPSA) is 121 Å². The first-order chi connectivity index (χ1) is 11.2. The van der Waals surface area contributed by atoms with E-state index in [0.29, 0.717) is 17.5 Å². The third-order valence-corrected chi connectivity index (χ3v) is 7.23. The van der Waals surface area contributed by atoms with Gasteiger partial charge in [-0.25, -0.2) is 16.8 Å². The van der Waals surface area contributed by atoms with Gasteiger partial charge in [-0.3, -0.25) is 4.79 Å². The van der Waals surface area contributed by atoms with Crippen molar-refractivity contribution in [3.05, 3.63) is 24.3 Å². The molecule has 0 aliphatic carbocycles. The number of likely N-dealkylation sites (N-methyl/N-ethyl adjacent to an activating group) is 1. The second kappa shape index (κ2) is 7.15. The molecule has 1 fully saturated rings. The Morgan fingerprint density at radius 2 is 1.62 bits per heavy atom. The highest BCUT2D eigenvalue weighted by molar-refractivity contribution is 7.89. The Balaban J connectivity index is 2.25. The first kappa shape index (κ1) is 18.8. The number of carbonyl (C=O) groups is 1. The van der Waals surface area contributed by atoms with E-state index in [-0.39, 0.29) is 22.9 Å². The summed E-state index contributed by atoms with van der Waals surface area (Å²) in [5, 5.41) is 8.69. The van der Waals surface area contributed by atoms with Crippen LogP contribution in [0.3, 0.4) is 0 Å². The lowest BCUT2D eigenvalue weighted by Crippen LogP contribution is -2.40. The van der Waals surface area contributed by atoms with Crippen LogP contribution in [0.4, 0.5) is 0 Å². The molecule has 134 valence electrons. The summed E-state index contributed by atoms with van der Waals surface area (Å²) in [6.45, 7) is 0.418. The van der Waals surface area contributed by atoms with E-state index in [1.807, 2.05) is 0 Å². The van der Waals surface area contributed by atoms with Crippen molar-refractivity contribution < 1.29 is 31.5 Å². The average molecular weight is 378 g/mol. The van der Waals surface area contributed by atoms with Crippen LogP contribution in [0.2, 0.25) is 0 Å². The lowest BCUT2D eigenvalue weighted by atomic mass is 10.4. The van der Waals surface area contributed by atoms with Crippen molar-refractivity contribution in [3.8, 4) is 0 Å². The van der Waals surface area contributed by atoms with Crippen molar-refractivity contribution in [3.63, 3.8) is 0 Å². The number of hydrogen-bond donors (Lipinski definition) is 1. The summed E-state index contributed by atoms with van der Waals surface area (Å²) in [5.41, 5.74) is 0. The predicted molar refractivity (Wildman–Crippen MR) is 83.5 cm³/mol. The number of aliphatic carboxylic acids is 1. The number of nitrogens with zero attached hydrogens (tertiary/aromatic N) is 2. The van der Waals surface area contributed by atoms with Crippen LogP contribution in [0.5, 0.6) is 0 Å². The molecule has 1 aliphatic heterocycles. The molecule has 1 aliphatic rings. The van der Waals surface area contributed by atoms with Crippen molar-refractivity contribution in [2.45, 2.75) is 9.79 Å². The van der Waals surface area contributed by atoms with Crippen molar-refractivity contribution in [2.75, 3.05) is 39.9 Å². The zero-order valence-electron chi connectivity index (χ0n) is 13.0. The summed E-state index contributed by atoms with van der Waals surface area (Å²) in [5.74, 6) is -1.28. The van der Waals surface area contributed by atoms with Crippen molar-refractivity contribution in [1.82, 2.24) is 8.61 Å². The number of carboxylic acids is 1. The maximum Gasteiger partial charge on any atom is 0.318 e. The Kier molecular flexibility index (Phi) is 5.60. The highest BCUT2D eigenvalue weighted by Gasteiger charge is 2.28. The van der Waals surface area contributed by atoms with Gasteiger partial charge in [0, 0.05) is 20.1 Å². The van der Waals surface area contributed by atoms with E-state index in [9.17, 15) is 21.6 Å². The molecule has 1 aromatic carbocycles. The van der Waals surface area contributed by atoms with Crippen LogP contribution < -0.4 is 0 Å². The van der Waals surface area contributed by atoms with E-state index in [4.69, 9.17) is 9.84 Å². The second-order valence-electron chi connectivity index (χ2n) is 5.14. The zero-order chi connectivity index (χ0) is 18.0. The number of hydrogen-bond acceptors (Lipinski definition) is 6. The molecule has 9 nitrogen and oxygen atoms in total. The number of carboxylic acid groups (broad SMARTS) is 1. The molecule has 0 spiro atoms. The van der Waals surface area contributed by atoms with E-state index in [1.54, 1.807) is 0 Å². The van der Waals surface area contributed by atoms with Crippen molar-refractivity contribution in [1.29, 1.82) is 0 Å². The fourth-order valence-corrected chi connectivity index (χ4v) is 4.70. The molecule has 1 heterocycles. The Bertz CT molecular complexity index is 797. The van der Waals surface area contributed by atoms with Gasteiger partial charge in [-0.2, -0.15) is 8.61 Å². The molecule has 0 amide bonds. The first-order valence-corrected chi connectivity index (χ1v) is 9.90. The molecule has 1 saturated heterocycles. The third-order valence-electron chi connectivity index (χ3n) is 3.50. The van der Waals surface area contributed by atoms with Crippen LogP contribution in [0, 0.1) is 0 Å². The fraction of sp³-hybridized carbons (Fsp3) is 0.462. The molecule has 0 atom stereocenters. The smallest absolute Gasteiger partial charge is 0.318 e. The molecular weight excluding hydrogens is 360 g/mol. The first-order valence-electron chi connectivity index (χ1n) is 7.02. The van der Waals surface area contributed by atoms with Gasteiger partial charge in [-0.15, -0.1) is 0 Å². The standard InChI is InChI=1S/C13H18N2O7S2/c1-14(10-13(16)17)23(18,19)11-2-4-12(5-3-11)24(20,21)15-6-8-22-9-7-15/h2-5H,6-10H2,1H3,(H,16,17). The molecule has 1 N–H and O–H groups in total. The number of benzene rings is 1. The van der Waals surface area contributed by atoms with Crippen LogP contribution in [-0.2, 0) is 29.6 Å². The van der Waals surface area contributed by atoms with Gasteiger partial charge in [0.05, 0.1) is 23.0 Å². The maximum absolute atomic E-state index is 12.5. The van der Waals surface area contributed by atoms with E-state index >= 15 is 0 Å². The number of ether oxygens (including phenoxy) is 1. The number of morpholine rings is 1. The summed E-state index contributed by atoms with van der Waals surface area (Å²) in [6.07, 6.45) is 0. The third kappa shape index (κ3) is 3.92. The van der Waals surface area contributed by atoms with Gasteiger partial charge in [0.2, 0.25) is 20.0 Å². The number of rotatable bonds is 6. The highest BCUT2D eigenvalue weighted by atomic mass is 32.2. The van der Waals surface area contributed by atoms with Gasteiger partial charge < -0.3 is 9.84 Å². The quantitative estimate of drug-likeness (QED) is 0.702. The lowest BCUT2D eigenvalue weighted by molar-refractivity contribution is -0.137. The van der Waals surface area contributed by atoms with Gasteiger partial charge in [-0.1, -0.05) is 0 Å². The SMILES string of the molecule is CN(CC(=O)O)S(=O)(=O)c1ccc(S(=O)(=O)N2CCOCC2)cc1. The molecule has 0 aromatic heterocycles. The van der Waals surface area contributed by atoms with E-state index in [1.165, 1.54) is 16.4 Å². The van der Waals surface area contributed by atoms with Crippen molar-refractivity contribution >= 4 is 26.0 Å². The van der Waals surface area contributed by atoms with Gasteiger partial charge in [0.1, 0.15) is 6.54 Å². The lowest BCUT2D eigenvalue weighted by Gasteiger charge is -2.26. The minimum atomic E-state index is -4.00. The summed E-state index contributed by atoms with van der Waals surface area (Å²) in [4.78, 5) is 10.4. The fourth-order valence-electron chi connectivity index (χ4n) is 2.18. The van der Waals surface area contributed by atoms with Gasteiger partial charge in [0.25, 0.3) is 0 Å². The number of sulfonamides is 2. The Morgan fingerprint density at radius 1 is 1.12 bits per heavy atom. The van der Waals surface area contributed by atoms with Crippen LogP contribution in [0.15, 0.2) is 34.1 Å². The van der Waals surface area contributed by atoms with Gasteiger partial charge in [-0.05, 0) is 24.3 Å². The van der Waals surface area contributed by atoms with Gasteiger partial charge >= 0.3 is 5.97 Å². The minimum Gasteiger partial charge on any atom is -0.480 e. The summed E-state index contributed by atoms with van der Waals surface area (Å²) >= 11 is 0. The second-order valence-corrected chi connectivity index (χ2v) is 9.13. The molecule has 24 heavy (non-hydrogen) atoms. The Hall–Kier alpha value is -1.53. The summed E-state index contributed by atoms with van der Waals surface area (Å²) < 4.78 is 56.4. The zero-order valence-corrected chi connectivity index (χ0v) is 14.6. The van der Waals surface area contributed by atoms with Gasteiger partial charge in [0.15, 0.2) is 0 Å². The van der Waals surface area contributed by atoms with Crippen LogP contribution in [-0.4, -0.2) is 76.4 Å². The molecule has 0 radical (unpaired) electrons. The van der Waals surface area contributed by atoms with E-state index in [2.05, 4.69) is 0 Å². The van der Waals surface area contributed by atoms with Crippen LogP contribution >= 0.6 is 0 Å². The molecular formula is C13H18N2O7S2. The van der Waals surface area contributed by atoms with E-state index in [0.717, 1.165) is 19.2 Å². The highest BCUT2D eigenvalue weighted by Crippen LogP contribution is 2.21. The Morgan fingerprint density at radius 3 is 2.12 bits per heavy atom. The van der Waals surface area contributed by atoms with Crippen LogP contribution in [0.1, 0.15) is 0 Å². The van der Waals surface area contributed by atoms with Crippen LogP contribution in [0.25, 0.3) is 0 Å². The summed E-state index contributed by atoms with van der Waals surface area (Å²) in [6, 6.07) is 4.71. The molecule has 0 saturated carbocycles. The predicted octanol–water partition coefficient (Wildman–Crippen LogP) is -0.587. The minimum absolute atomic E-state index is 0.0239.